The van der Waals surface area contributed by atoms with E-state index in [2.05, 4.69) is 28.1 Å². The van der Waals surface area contributed by atoms with Gasteiger partial charge in [0.05, 0.1) is 0 Å². The normalized spacial score (nSPS) is 21.9. The summed E-state index contributed by atoms with van der Waals surface area (Å²) in [5, 5.41) is 17.1. The van der Waals surface area contributed by atoms with Gasteiger partial charge in [0, 0.05) is 16.9 Å². The molecule has 2 amide bonds. The summed E-state index contributed by atoms with van der Waals surface area (Å²) in [7, 11) is 0. The highest BCUT2D eigenvalue weighted by molar-refractivity contribution is 8.00. The molecule has 13 heteroatoms. The van der Waals surface area contributed by atoms with E-state index in [1.807, 2.05) is 0 Å². The Hall–Kier alpha value is -2.25. The average Bonchev–Trinajstić information content (AvgIpc) is 3.10. The van der Waals surface area contributed by atoms with Gasteiger partial charge in [-0.2, -0.15) is 12.6 Å². The number of hydrogen-bond acceptors (Lipinski definition) is 10. The SMILES string of the molecule is CCO/N=C(\C(=O)NC1C(=O)N2C(C(=O)O)=C(CS)CS[C@@H]12)c1csc(N)n1. The molecule has 0 saturated carbocycles. The van der Waals surface area contributed by atoms with Crippen LogP contribution in [-0.4, -0.2) is 68.0 Å². The molecule has 0 spiro atoms. The molecule has 0 aliphatic carbocycles. The Labute approximate surface area is 173 Å². The predicted octanol–water partition coefficient (Wildman–Crippen LogP) is 0.134. The Morgan fingerprint density at radius 1 is 1.57 bits per heavy atom. The molecule has 1 aromatic rings. The van der Waals surface area contributed by atoms with Crippen LogP contribution in [-0.2, 0) is 19.2 Å². The number of aromatic nitrogens is 1. The molecular formula is C15H17N5O5S3. The van der Waals surface area contributed by atoms with Gasteiger partial charge in [0.15, 0.2) is 10.8 Å². The van der Waals surface area contributed by atoms with Crippen molar-refractivity contribution in [3.63, 3.8) is 0 Å². The second-order valence-electron chi connectivity index (χ2n) is 5.71. The van der Waals surface area contributed by atoms with E-state index in [1.54, 1.807) is 12.3 Å². The quantitative estimate of drug-likeness (QED) is 0.201. The van der Waals surface area contributed by atoms with Gasteiger partial charge in [0.25, 0.3) is 11.8 Å². The van der Waals surface area contributed by atoms with Gasteiger partial charge < -0.3 is 21.0 Å². The van der Waals surface area contributed by atoms with Crippen LogP contribution in [0.1, 0.15) is 12.6 Å². The number of nitrogens with zero attached hydrogens (tertiary/aromatic N) is 3. The molecule has 3 rings (SSSR count). The Bertz CT molecular complexity index is 883. The Balaban J connectivity index is 1.79. The smallest absolute Gasteiger partial charge is 0.352 e. The van der Waals surface area contributed by atoms with Crippen LogP contribution in [0.3, 0.4) is 0 Å². The molecule has 28 heavy (non-hydrogen) atoms. The number of carbonyl (C=O) groups is 3. The molecule has 2 aliphatic heterocycles. The zero-order valence-corrected chi connectivity index (χ0v) is 17.1. The molecule has 10 nitrogen and oxygen atoms in total. The minimum atomic E-state index is -1.19. The number of carboxylic acid groups (broad SMARTS) is 1. The highest BCUT2D eigenvalue weighted by Gasteiger charge is 2.54. The van der Waals surface area contributed by atoms with Gasteiger partial charge in [-0.15, -0.1) is 23.1 Å². The monoisotopic (exact) mass is 443 g/mol. The first-order valence-corrected chi connectivity index (χ1v) is 10.7. The lowest BCUT2D eigenvalue weighted by Gasteiger charge is -2.49. The van der Waals surface area contributed by atoms with Crippen molar-refractivity contribution in [1.82, 2.24) is 15.2 Å². The molecule has 1 saturated heterocycles. The van der Waals surface area contributed by atoms with Gasteiger partial charge in [0.1, 0.15) is 29.4 Å². The summed E-state index contributed by atoms with van der Waals surface area (Å²) >= 11 is 6.64. The van der Waals surface area contributed by atoms with E-state index in [4.69, 9.17) is 10.6 Å². The number of carbonyl (C=O) groups excluding carboxylic acids is 2. The number of nitrogen functional groups attached to an aromatic ring is 1. The highest BCUT2D eigenvalue weighted by atomic mass is 32.2. The van der Waals surface area contributed by atoms with E-state index in [0.717, 1.165) is 11.3 Å². The lowest BCUT2D eigenvalue weighted by atomic mass is 10.0. The standard InChI is InChI=1S/C15H17N5O5S3/c1-2-25-19-8(7-5-28-15(16)17-7)11(21)18-9-12(22)20-10(14(23)24)6(3-26)4-27-13(9)20/h5,9,13,26H,2-4H2,1H3,(H2,16,17)(H,18,21)(H,23,24)/b19-8-/t9?,13-/m0/s1. The van der Waals surface area contributed by atoms with E-state index >= 15 is 0 Å². The number of oxime groups is 1. The lowest BCUT2D eigenvalue weighted by molar-refractivity contribution is -0.150. The van der Waals surface area contributed by atoms with Crippen molar-refractivity contribution in [2.45, 2.75) is 18.3 Å². The Morgan fingerprint density at radius 3 is 2.89 bits per heavy atom. The van der Waals surface area contributed by atoms with Crippen LogP contribution in [0.5, 0.6) is 0 Å². The molecule has 1 unspecified atom stereocenters. The fourth-order valence-electron chi connectivity index (χ4n) is 2.74. The van der Waals surface area contributed by atoms with Crippen LogP contribution in [0.2, 0.25) is 0 Å². The number of β-lactam (4-membered cyclic amide) rings is 1. The second-order valence-corrected chi connectivity index (χ2v) is 8.02. The third-order valence-electron chi connectivity index (χ3n) is 3.99. The summed E-state index contributed by atoms with van der Waals surface area (Å²) < 4.78 is 0. The van der Waals surface area contributed by atoms with Crippen LogP contribution in [0.15, 0.2) is 21.8 Å². The maximum atomic E-state index is 12.7. The van der Waals surface area contributed by atoms with Crippen LogP contribution >= 0.6 is 35.7 Å². The van der Waals surface area contributed by atoms with Gasteiger partial charge in [-0.05, 0) is 12.5 Å². The van der Waals surface area contributed by atoms with Gasteiger partial charge in [-0.1, -0.05) is 5.16 Å². The Morgan fingerprint density at radius 2 is 2.32 bits per heavy atom. The van der Waals surface area contributed by atoms with Gasteiger partial charge in [-0.3, -0.25) is 14.5 Å². The summed E-state index contributed by atoms with van der Waals surface area (Å²) in [5.41, 5.74) is 6.24. The van der Waals surface area contributed by atoms with E-state index in [0.29, 0.717) is 11.3 Å². The Kier molecular flexibility index (Phi) is 6.15. The molecule has 2 atom stereocenters. The van der Waals surface area contributed by atoms with Crippen molar-refractivity contribution in [3.05, 3.63) is 22.3 Å². The third kappa shape index (κ3) is 3.69. The number of thioether (sulfide) groups is 1. The molecule has 3 heterocycles. The van der Waals surface area contributed by atoms with Crippen LogP contribution < -0.4 is 11.1 Å². The van der Waals surface area contributed by atoms with Crippen LogP contribution in [0.4, 0.5) is 5.13 Å². The second kappa shape index (κ2) is 8.41. The first-order valence-electron chi connectivity index (χ1n) is 8.12. The van der Waals surface area contributed by atoms with Crippen molar-refractivity contribution < 1.29 is 24.3 Å². The number of amides is 2. The summed E-state index contributed by atoms with van der Waals surface area (Å²) in [6.07, 6.45) is 0. The summed E-state index contributed by atoms with van der Waals surface area (Å²) in [5.74, 6) is -1.70. The summed E-state index contributed by atoms with van der Waals surface area (Å²) in [6, 6.07) is -0.879. The molecule has 1 fully saturated rings. The topological polar surface area (TPSA) is 147 Å². The largest absolute Gasteiger partial charge is 0.477 e. The number of fused-ring (bicyclic) bond motifs is 1. The van der Waals surface area contributed by atoms with E-state index in [1.165, 1.54) is 16.7 Å². The maximum absolute atomic E-state index is 12.7. The fraction of sp³-hybridized carbons (Fsp3) is 0.400. The molecule has 2 aliphatic rings. The predicted molar refractivity (Wildman–Crippen MR) is 108 cm³/mol. The van der Waals surface area contributed by atoms with Crippen LogP contribution in [0.25, 0.3) is 0 Å². The van der Waals surface area contributed by atoms with E-state index in [9.17, 15) is 19.5 Å². The number of thiol groups is 1. The number of carboxylic acids is 1. The molecule has 0 aromatic carbocycles. The molecule has 150 valence electrons. The summed E-state index contributed by atoms with van der Waals surface area (Å²) in [4.78, 5) is 47.0. The number of aliphatic carboxylic acids is 1. The first-order chi connectivity index (χ1) is 13.4. The molecule has 1 aromatic heterocycles. The van der Waals surface area contributed by atoms with E-state index in [-0.39, 0.29) is 34.6 Å². The van der Waals surface area contributed by atoms with Crippen molar-refractivity contribution in [3.8, 4) is 0 Å². The number of hydrogen-bond donors (Lipinski definition) is 4. The minimum Gasteiger partial charge on any atom is -0.477 e. The summed E-state index contributed by atoms with van der Waals surface area (Å²) in [6.45, 7) is 1.95. The van der Waals surface area contributed by atoms with Gasteiger partial charge >= 0.3 is 5.97 Å². The van der Waals surface area contributed by atoms with Gasteiger partial charge in [0.2, 0.25) is 0 Å². The molecule has 0 bridgehead atoms. The number of anilines is 1. The number of thiazole rings is 1. The number of nitrogens with two attached hydrogens (primary N) is 1. The van der Waals surface area contributed by atoms with Crippen molar-refractivity contribution in [2.75, 3.05) is 23.8 Å². The fourth-order valence-corrected chi connectivity index (χ4v) is 5.05. The van der Waals surface area contributed by atoms with Crippen molar-refractivity contribution in [2.24, 2.45) is 5.16 Å². The molecule has 4 N–H and O–H groups in total. The van der Waals surface area contributed by atoms with Crippen molar-refractivity contribution in [1.29, 1.82) is 0 Å². The maximum Gasteiger partial charge on any atom is 0.352 e. The highest BCUT2D eigenvalue weighted by Crippen LogP contribution is 2.40. The zero-order valence-electron chi connectivity index (χ0n) is 14.6. The van der Waals surface area contributed by atoms with Crippen LogP contribution in [0, 0.1) is 0 Å². The van der Waals surface area contributed by atoms with Crippen molar-refractivity contribution >= 4 is 64.4 Å². The average molecular weight is 444 g/mol. The molecular weight excluding hydrogens is 426 g/mol. The first kappa shape index (κ1) is 20.5. The van der Waals surface area contributed by atoms with Gasteiger partial charge in [-0.25, -0.2) is 9.78 Å². The minimum absolute atomic E-state index is 0.0651. The lowest BCUT2D eigenvalue weighted by Crippen LogP contribution is -2.71. The number of nitrogens with one attached hydrogen (secondary N) is 1. The third-order valence-corrected chi connectivity index (χ3v) is 6.39. The zero-order chi connectivity index (χ0) is 20.4. The molecule has 0 radical (unpaired) electrons. The number of rotatable bonds is 7. The van der Waals surface area contributed by atoms with E-state index < -0.39 is 29.2 Å².